The Morgan fingerprint density at radius 2 is 1.77 bits per heavy atom. The number of aromatic nitrogens is 2. The maximum Gasteiger partial charge on any atom is 0.258 e. The fourth-order valence-corrected chi connectivity index (χ4v) is 2.54. The van der Waals surface area contributed by atoms with E-state index in [-0.39, 0.29) is 5.91 Å². The first-order valence-electron chi connectivity index (χ1n) is 7.54. The summed E-state index contributed by atoms with van der Waals surface area (Å²) in [5, 5.41) is 6.82. The van der Waals surface area contributed by atoms with E-state index in [1.54, 1.807) is 49.6 Å². The third-order valence-corrected chi connectivity index (χ3v) is 3.87. The second-order valence-electron chi connectivity index (χ2n) is 5.23. The molecular formula is C18H14Cl2N4O2. The lowest BCUT2D eigenvalue weighted by molar-refractivity contribution is 0.102. The Balaban J connectivity index is 1.72. The summed E-state index contributed by atoms with van der Waals surface area (Å²) in [6.45, 7) is 0. The zero-order valence-corrected chi connectivity index (χ0v) is 15.2. The number of anilines is 3. The highest BCUT2D eigenvalue weighted by molar-refractivity contribution is 6.31. The molecule has 0 saturated heterocycles. The van der Waals surface area contributed by atoms with Crippen LogP contribution in [0.1, 0.15) is 10.4 Å². The number of methoxy groups -OCH3 is 1. The third-order valence-electron chi connectivity index (χ3n) is 3.40. The summed E-state index contributed by atoms with van der Waals surface area (Å²) < 4.78 is 5.26. The molecule has 3 aromatic rings. The summed E-state index contributed by atoms with van der Waals surface area (Å²) in [4.78, 5) is 20.6. The Hall–Kier alpha value is -2.83. The average Bonchev–Trinajstić information content (AvgIpc) is 2.62. The van der Waals surface area contributed by atoms with Gasteiger partial charge in [-0.1, -0.05) is 29.3 Å². The molecule has 0 fully saturated rings. The number of halogens is 2. The SMILES string of the molecule is COc1ccc(Cl)cc1Nc1ncc(C(=O)Nc2cccc(Cl)c2)cn1. The van der Waals surface area contributed by atoms with Crippen molar-refractivity contribution in [2.24, 2.45) is 0 Å². The van der Waals surface area contributed by atoms with E-state index in [1.165, 1.54) is 12.4 Å². The first-order chi connectivity index (χ1) is 12.5. The van der Waals surface area contributed by atoms with Crippen molar-refractivity contribution in [3.05, 3.63) is 70.5 Å². The van der Waals surface area contributed by atoms with Crippen LogP contribution in [-0.2, 0) is 0 Å². The van der Waals surface area contributed by atoms with Gasteiger partial charge in [0.15, 0.2) is 0 Å². The van der Waals surface area contributed by atoms with Crippen molar-refractivity contribution in [1.82, 2.24) is 9.97 Å². The molecule has 3 rings (SSSR count). The number of nitrogens with one attached hydrogen (secondary N) is 2. The van der Waals surface area contributed by atoms with Gasteiger partial charge in [-0.05, 0) is 36.4 Å². The molecule has 0 aliphatic carbocycles. The van der Waals surface area contributed by atoms with Crippen LogP contribution in [-0.4, -0.2) is 23.0 Å². The van der Waals surface area contributed by atoms with E-state index >= 15 is 0 Å². The maximum absolute atomic E-state index is 12.2. The van der Waals surface area contributed by atoms with E-state index in [9.17, 15) is 4.79 Å². The normalized spacial score (nSPS) is 10.3. The molecule has 1 amide bonds. The highest BCUT2D eigenvalue weighted by Gasteiger charge is 2.10. The van der Waals surface area contributed by atoms with Crippen LogP contribution in [0.15, 0.2) is 54.9 Å². The number of rotatable bonds is 5. The number of ether oxygens (including phenoxy) is 1. The highest BCUT2D eigenvalue weighted by atomic mass is 35.5. The Kier molecular flexibility index (Phi) is 5.55. The van der Waals surface area contributed by atoms with E-state index in [2.05, 4.69) is 20.6 Å². The number of carbonyl (C=O) groups excluding carboxylic acids is 1. The van der Waals surface area contributed by atoms with Crippen LogP contribution in [0.3, 0.4) is 0 Å². The standard InChI is InChI=1S/C18H14Cl2N4O2/c1-26-16-6-5-13(20)8-15(16)24-18-21-9-11(10-22-18)17(25)23-14-4-2-3-12(19)7-14/h2-10H,1H3,(H,23,25)(H,21,22,24). The molecular weight excluding hydrogens is 375 g/mol. The molecule has 2 aromatic carbocycles. The first kappa shape index (κ1) is 18.0. The maximum atomic E-state index is 12.2. The topological polar surface area (TPSA) is 76.1 Å². The number of benzene rings is 2. The lowest BCUT2D eigenvalue weighted by Gasteiger charge is -2.10. The van der Waals surface area contributed by atoms with Crippen molar-refractivity contribution in [2.45, 2.75) is 0 Å². The summed E-state index contributed by atoms with van der Waals surface area (Å²) in [7, 11) is 1.55. The Bertz CT molecular complexity index is 933. The van der Waals surface area contributed by atoms with Gasteiger partial charge in [0.05, 0.1) is 18.4 Å². The van der Waals surface area contributed by atoms with Crippen LogP contribution in [0, 0.1) is 0 Å². The molecule has 2 N–H and O–H groups in total. The van der Waals surface area contributed by atoms with Gasteiger partial charge in [-0.3, -0.25) is 4.79 Å². The molecule has 26 heavy (non-hydrogen) atoms. The minimum atomic E-state index is -0.334. The number of hydrogen-bond donors (Lipinski definition) is 2. The highest BCUT2D eigenvalue weighted by Crippen LogP contribution is 2.29. The van der Waals surface area contributed by atoms with Gasteiger partial charge in [-0.25, -0.2) is 9.97 Å². The zero-order valence-electron chi connectivity index (χ0n) is 13.7. The number of nitrogens with zero attached hydrogens (tertiary/aromatic N) is 2. The molecule has 0 atom stereocenters. The third kappa shape index (κ3) is 4.41. The van der Waals surface area contributed by atoms with Crippen LogP contribution >= 0.6 is 23.2 Å². The summed E-state index contributed by atoms with van der Waals surface area (Å²) in [5.41, 5.74) is 1.53. The van der Waals surface area contributed by atoms with Crippen molar-refractivity contribution >= 4 is 46.4 Å². The summed E-state index contributed by atoms with van der Waals surface area (Å²) in [6, 6.07) is 12.0. The van der Waals surface area contributed by atoms with Crippen molar-refractivity contribution in [3.8, 4) is 5.75 Å². The van der Waals surface area contributed by atoms with Crippen molar-refractivity contribution < 1.29 is 9.53 Å². The lowest BCUT2D eigenvalue weighted by atomic mass is 10.2. The molecule has 0 aliphatic rings. The van der Waals surface area contributed by atoms with E-state index in [4.69, 9.17) is 27.9 Å². The Morgan fingerprint density at radius 1 is 1.04 bits per heavy atom. The van der Waals surface area contributed by atoms with Gasteiger partial charge in [0.1, 0.15) is 5.75 Å². The number of carbonyl (C=O) groups is 1. The molecule has 0 radical (unpaired) electrons. The molecule has 6 nitrogen and oxygen atoms in total. The summed E-state index contributed by atoms with van der Waals surface area (Å²) >= 11 is 11.9. The molecule has 1 heterocycles. The van der Waals surface area contributed by atoms with Crippen molar-refractivity contribution in [1.29, 1.82) is 0 Å². The molecule has 1 aromatic heterocycles. The molecule has 0 bridgehead atoms. The lowest BCUT2D eigenvalue weighted by Crippen LogP contribution is -2.13. The number of amides is 1. The van der Waals surface area contributed by atoms with E-state index in [0.717, 1.165) is 0 Å². The van der Waals surface area contributed by atoms with Gasteiger partial charge in [0, 0.05) is 28.1 Å². The molecule has 132 valence electrons. The average molecular weight is 389 g/mol. The predicted molar refractivity (Wildman–Crippen MR) is 103 cm³/mol. The van der Waals surface area contributed by atoms with Gasteiger partial charge in [0.2, 0.25) is 5.95 Å². The molecule has 0 spiro atoms. The van der Waals surface area contributed by atoms with Crippen LogP contribution in [0.25, 0.3) is 0 Å². The number of hydrogen-bond acceptors (Lipinski definition) is 5. The fraction of sp³-hybridized carbons (Fsp3) is 0.0556. The zero-order chi connectivity index (χ0) is 18.5. The Labute approximate surface area is 160 Å². The van der Waals surface area contributed by atoms with E-state index in [0.29, 0.717) is 38.7 Å². The monoisotopic (exact) mass is 388 g/mol. The molecule has 0 unspecified atom stereocenters. The van der Waals surface area contributed by atoms with Crippen molar-refractivity contribution in [3.63, 3.8) is 0 Å². The van der Waals surface area contributed by atoms with Gasteiger partial charge in [-0.15, -0.1) is 0 Å². The van der Waals surface area contributed by atoms with Gasteiger partial charge >= 0.3 is 0 Å². The van der Waals surface area contributed by atoms with Crippen LogP contribution < -0.4 is 15.4 Å². The summed E-state index contributed by atoms with van der Waals surface area (Å²) in [6.07, 6.45) is 2.85. The molecule has 8 heteroatoms. The van der Waals surface area contributed by atoms with Crippen LogP contribution in [0.4, 0.5) is 17.3 Å². The largest absolute Gasteiger partial charge is 0.495 e. The smallest absolute Gasteiger partial charge is 0.258 e. The van der Waals surface area contributed by atoms with Crippen molar-refractivity contribution in [2.75, 3.05) is 17.7 Å². The molecule has 0 saturated carbocycles. The summed E-state index contributed by atoms with van der Waals surface area (Å²) in [5.74, 6) is 0.574. The van der Waals surface area contributed by atoms with E-state index in [1.807, 2.05) is 0 Å². The quantitative estimate of drug-likeness (QED) is 0.656. The van der Waals surface area contributed by atoms with Crippen LogP contribution in [0.2, 0.25) is 10.0 Å². The Morgan fingerprint density at radius 3 is 2.46 bits per heavy atom. The second-order valence-corrected chi connectivity index (χ2v) is 6.10. The predicted octanol–water partition coefficient (Wildman–Crippen LogP) is 4.79. The van der Waals surface area contributed by atoms with Gasteiger partial charge in [0.25, 0.3) is 5.91 Å². The minimum Gasteiger partial charge on any atom is -0.495 e. The van der Waals surface area contributed by atoms with Gasteiger partial charge < -0.3 is 15.4 Å². The van der Waals surface area contributed by atoms with E-state index < -0.39 is 0 Å². The minimum absolute atomic E-state index is 0.310. The van der Waals surface area contributed by atoms with Crippen LogP contribution in [0.5, 0.6) is 5.75 Å². The van der Waals surface area contributed by atoms with Gasteiger partial charge in [-0.2, -0.15) is 0 Å². The second kappa shape index (κ2) is 8.03. The molecule has 0 aliphatic heterocycles. The first-order valence-corrected chi connectivity index (χ1v) is 8.30. The fourth-order valence-electron chi connectivity index (χ4n) is 2.18.